The van der Waals surface area contributed by atoms with Crippen molar-refractivity contribution in [1.29, 1.82) is 0 Å². The highest BCUT2D eigenvalue weighted by Gasteiger charge is 2.34. The topological polar surface area (TPSA) is 12.0 Å². The molecule has 0 spiro atoms. The van der Waals surface area contributed by atoms with Crippen LogP contribution in [0.4, 0.5) is 17.6 Å². The number of hydrogen-bond donors (Lipinski definition) is 1. The van der Waals surface area contributed by atoms with Crippen LogP contribution in [0, 0.1) is 5.82 Å². The molecule has 1 N–H and O–H groups in total. The molecule has 1 unspecified atom stereocenters. The average molecular weight is 382 g/mol. The van der Waals surface area contributed by atoms with Gasteiger partial charge in [-0.15, -0.1) is 11.3 Å². The predicted octanol–water partition coefficient (Wildman–Crippen LogP) is 5.37. The van der Waals surface area contributed by atoms with Crippen molar-refractivity contribution < 1.29 is 17.6 Å². The van der Waals surface area contributed by atoms with Crippen molar-refractivity contribution in [3.05, 3.63) is 55.9 Å². The Kier molecular flexibility index (Phi) is 5.06. The highest BCUT2D eigenvalue weighted by molar-refractivity contribution is 9.10. The van der Waals surface area contributed by atoms with E-state index in [-0.39, 0.29) is 6.04 Å². The molecule has 0 bridgehead atoms. The standard InChI is InChI=1S/C14H12BrF4NS/c1-2-20-12(13-10(15)5-6-21-13)8-3-4-9(11(16)7-8)14(17,18)19/h3-7,12,20H,2H2,1H3. The molecule has 7 heteroatoms. The van der Waals surface area contributed by atoms with E-state index in [2.05, 4.69) is 21.2 Å². The quantitative estimate of drug-likeness (QED) is 0.702. The number of alkyl halides is 3. The number of nitrogens with one attached hydrogen (secondary N) is 1. The van der Waals surface area contributed by atoms with Gasteiger partial charge in [-0.1, -0.05) is 13.0 Å². The number of benzene rings is 1. The Hall–Kier alpha value is -0.920. The zero-order valence-electron chi connectivity index (χ0n) is 11.0. The predicted molar refractivity (Wildman–Crippen MR) is 78.9 cm³/mol. The maximum Gasteiger partial charge on any atom is 0.419 e. The summed E-state index contributed by atoms with van der Waals surface area (Å²) in [5, 5.41) is 5.03. The van der Waals surface area contributed by atoms with Gasteiger partial charge in [0, 0.05) is 9.35 Å². The first-order valence-corrected chi connectivity index (χ1v) is 7.84. The Morgan fingerprint density at radius 2 is 2.00 bits per heavy atom. The normalized spacial score (nSPS) is 13.4. The molecule has 1 atom stereocenters. The van der Waals surface area contributed by atoms with Crippen molar-refractivity contribution in [3.8, 4) is 0 Å². The number of thiophene rings is 1. The largest absolute Gasteiger partial charge is 0.419 e. The minimum atomic E-state index is -4.68. The Bertz CT molecular complexity index is 624. The smallest absolute Gasteiger partial charge is 0.306 e. The third kappa shape index (κ3) is 3.64. The van der Waals surface area contributed by atoms with Gasteiger partial charge in [0.15, 0.2) is 0 Å². The zero-order valence-corrected chi connectivity index (χ0v) is 13.4. The molecule has 0 aliphatic heterocycles. The third-order valence-electron chi connectivity index (χ3n) is 2.95. The van der Waals surface area contributed by atoms with E-state index in [9.17, 15) is 17.6 Å². The summed E-state index contributed by atoms with van der Waals surface area (Å²) in [6, 6.07) is 4.55. The molecule has 0 amide bonds. The molecule has 0 aliphatic carbocycles. The molecule has 0 fully saturated rings. The van der Waals surface area contributed by atoms with Crippen LogP contribution < -0.4 is 5.32 Å². The van der Waals surface area contributed by atoms with Gasteiger partial charge in [-0.3, -0.25) is 0 Å². The Morgan fingerprint density at radius 3 is 2.48 bits per heavy atom. The Balaban J connectivity index is 2.43. The van der Waals surface area contributed by atoms with Crippen LogP contribution in [-0.4, -0.2) is 6.54 Å². The van der Waals surface area contributed by atoms with Gasteiger partial charge in [0.2, 0.25) is 0 Å². The van der Waals surface area contributed by atoms with Gasteiger partial charge in [-0.2, -0.15) is 13.2 Å². The summed E-state index contributed by atoms with van der Waals surface area (Å²) in [4.78, 5) is 0.899. The minimum Gasteiger partial charge on any atom is -0.306 e. The third-order valence-corrected chi connectivity index (χ3v) is 4.88. The monoisotopic (exact) mass is 381 g/mol. The highest BCUT2D eigenvalue weighted by Crippen LogP contribution is 2.36. The SMILES string of the molecule is CCNC(c1ccc(C(F)(F)F)c(F)c1)c1sccc1Br. The first-order valence-electron chi connectivity index (χ1n) is 6.17. The molecule has 1 aromatic heterocycles. The van der Waals surface area contributed by atoms with Crippen LogP contribution >= 0.6 is 27.3 Å². The first-order chi connectivity index (χ1) is 9.84. The van der Waals surface area contributed by atoms with Crippen molar-refractivity contribution in [2.24, 2.45) is 0 Å². The molecule has 0 radical (unpaired) electrons. The maximum atomic E-state index is 13.7. The van der Waals surface area contributed by atoms with Crippen LogP contribution in [-0.2, 0) is 6.18 Å². The van der Waals surface area contributed by atoms with Crippen molar-refractivity contribution in [3.63, 3.8) is 0 Å². The van der Waals surface area contributed by atoms with Gasteiger partial charge in [-0.05, 0) is 51.6 Å². The number of rotatable bonds is 4. The van der Waals surface area contributed by atoms with E-state index >= 15 is 0 Å². The van der Waals surface area contributed by atoms with Gasteiger partial charge in [0.25, 0.3) is 0 Å². The molecule has 0 saturated heterocycles. The molecular weight excluding hydrogens is 370 g/mol. The van der Waals surface area contributed by atoms with E-state index in [4.69, 9.17) is 0 Å². The molecule has 1 aromatic carbocycles. The van der Waals surface area contributed by atoms with E-state index in [0.29, 0.717) is 12.1 Å². The molecule has 0 saturated carbocycles. The lowest BCUT2D eigenvalue weighted by Gasteiger charge is -2.19. The van der Waals surface area contributed by atoms with E-state index in [1.54, 1.807) is 0 Å². The fraction of sp³-hybridized carbons (Fsp3) is 0.286. The molecule has 2 aromatic rings. The van der Waals surface area contributed by atoms with Crippen molar-refractivity contribution in [2.45, 2.75) is 19.1 Å². The van der Waals surface area contributed by atoms with Crippen LogP contribution in [0.15, 0.2) is 34.1 Å². The van der Waals surface area contributed by atoms with Crippen LogP contribution in [0.25, 0.3) is 0 Å². The average Bonchev–Trinajstić information content (AvgIpc) is 2.80. The van der Waals surface area contributed by atoms with E-state index in [0.717, 1.165) is 21.5 Å². The Labute approximate surface area is 132 Å². The van der Waals surface area contributed by atoms with Gasteiger partial charge >= 0.3 is 6.18 Å². The molecular formula is C14H12BrF4NS. The molecule has 114 valence electrons. The van der Waals surface area contributed by atoms with Gasteiger partial charge in [-0.25, -0.2) is 4.39 Å². The lowest BCUT2D eigenvalue weighted by Crippen LogP contribution is -2.22. The lowest BCUT2D eigenvalue weighted by molar-refractivity contribution is -0.140. The van der Waals surface area contributed by atoms with Crippen LogP contribution in [0.1, 0.15) is 29.0 Å². The molecule has 1 heterocycles. The number of halogens is 5. The van der Waals surface area contributed by atoms with Crippen LogP contribution in [0.2, 0.25) is 0 Å². The summed E-state index contributed by atoms with van der Waals surface area (Å²) < 4.78 is 52.4. The maximum absolute atomic E-state index is 13.7. The van der Waals surface area contributed by atoms with Gasteiger partial charge in [0.05, 0.1) is 11.6 Å². The molecule has 2 rings (SSSR count). The van der Waals surface area contributed by atoms with Crippen LogP contribution in [0.3, 0.4) is 0 Å². The second kappa shape index (κ2) is 6.46. The first kappa shape index (κ1) is 16.5. The summed E-state index contributed by atoms with van der Waals surface area (Å²) in [7, 11) is 0. The van der Waals surface area contributed by atoms with Gasteiger partial charge < -0.3 is 5.32 Å². The van der Waals surface area contributed by atoms with E-state index in [1.165, 1.54) is 17.4 Å². The second-order valence-corrected chi connectivity index (χ2v) is 6.16. The summed E-state index contributed by atoms with van der Waals surface area (Å²) in [5.41, 5.74) is -0.780. The lowest BCUT2D eigenvalue weighted by atomic mass is 10.0. The highest BCUT2D eigenvalue weighted by atomic mass is 79.9. The summed E-state index contributed by atoms with van der Waals surface area (Å²) in [6.45, 7) is 2.49. The molecule has 0 aliphatic rings. The summed E-state index contributed by atoms with van der Waals surface area (Å²) >= 11 is 4.85. The Morgan fingerprint density at radius 1 is 1.29 bits per heavy atom. The molecule has 21 heavy (non-hydrogen) atoms. The second-order valence-electron chi connectivity index (χ2n) is 4.36. The minimum absolute atomic E-state index is 0.346. The van der Waals surface area contributed by atoms with Crippen molar-refractivity contribution in [1.82, 2.24) is 5.32 Å². The van der Waals surface area contributed by atoms with Crippen molar-refractivity contribution >= 4 is 27.3 Å². The zero-order chi connectivity index (χ0) is 15.6. The summed E-state index contributed by atoms with van der Waals surface area (Å²) in [6.07, 6.45) is -4.68. The van der Waals surface area contributed by atoms with E-state index < -0.39 is 17.6 Å². The van der Waals surface area contributed by atoms with Crippen LogP contribution in [0.5, 0.6) is 0 Å². The molecule has 1 nitrogen and oxygen atoms in total. The van der Waals surface area contributed by atoms with E-state index in [1.807, 2.05) is 18.4 Å². The van der Waals surface area contributed by atoms with Gasteiger partial charge in [0.1, 0.15) is 5.82 Å². The fourth-order valence-electron chi connectivity index (χ4n) is 2.02. The van der Waals surface area contributed by atoms with Crippen molar-refractivity contribution in [2.75, 3.05) is 6.54 Å². The fourth-order valence-corrected chi connectivity index (χ4v) is 3.72. The number of hydrogen-bond acceptors (Lipinski definition) is 2. The summed E-state index contributed by atoms with van der Waals surface area (Å²) in [5.74, 6) is -1.25.